The van der Waals surface area contributed by atoms with Gasteiger partial charge in [0, 0.05) is 18.2 Å². The third kappa shape index (κ3) is 1.74. The summed E-state index contributed by atoms with van der Waals surface area (Å²) in [6.45, 7) is -0.264. The lowest BCUT2D eigenvalue weighted by Gasteiger charge is -2.24. The molecule has 2 rings (SSSR count). The highest BCUT2D eigenvalue weighted by atomic mass is 19.2. The maximum Gasteiger partial charge on any atom is 0.153 e. The summed E-state index contributed by atoms with van der Waals surface area (Å²) in [6, 6.07) is 2.91. The highest BCUT2D eigenvalue weighted by molar-refractivity contribution is 5.28. The first kappa shape index (κ1) is 10.5. The number of alkyl halides is 1. The molecule has 1 unspecified atom stereocenters. The lowest BCUT2D eigenvalue weighted by Crippen LogP contribution is -2.33. The van der Waals surface area contributed by atoms with Gasteiger partial charge in [-0.2, -0.15) is 0 Å². The second kappa shape index (κ2) is 3.52. The maximum absolute atomic E-state index is 14.3. The van der Waals surface area contributed by atoms with Crippen molar-refractivity contribution in [1.82, 2.24) is 0 Å². The second-order valence-electron chi connectivity index (χ2n) is 3.97. The fourth-order valence-electron chi connectivity index (χ4n) is 1.86. The van der Waals surface area contributed by atoms with Crippen LogP contribution in [0.25, 0.3) is 0 Å². The van der Waals surface area contributed by atoms with Crippen LogP contribution < -0.4 is 5.73 Å². The largest absolute Gasteiger partial charge is 0.327 e. The van der Waals surface area contributed by atoms with Crippen LogP contribution in [0.3, 0.4) is 0 Å². The highest BCUT2D eigenvalue weighted by Gasteiger charge is 2.47. The molecule has 0 aliphatic heterocycles. The Kier molecular flexibility index (Phi) is 2.46. The van der Waals surface area contributed by atoms with Crippen molar-refractivity contribution in [2.24, 2.45) is 11.7 Å². The molecule has 0 saturated heterocycles. The lowest BCUT2D eigenvalue weighted by molar-refractivity contribution is 0.137. The number of benzene rings is 1. The Morgan fingerprint density at radius 3 is 2.47 bits per heavy atom. The number of hydrogen-bond donors (Lipinski definition) is 1. The Morgan fingerprint density at radius 1 is 1.33 bits per heavy atom. The monoisotopic (exact) mass is 215 g/mol. The van der Waals surface area contributed by atoms with Gasteiger partial charge in [0.25, 0.3) is 0 Å². The Labute approximate surface area is 86.1 Å². The molecule has 82 valence electrons. The van der Waals surface area contributed by atoms with Crippen LogP contribution in [0.2, 0.25) is 0 Å². The van der Waals surface area contributed by atoms with E-state index in [9.17, 15) is 13.2 Å². The third-order valence-corrected chi connectivity index (χ3v) is 2.90. The van der Waals surface area contributed by atoms with E-state index in [1.54, 1.807) is 0 Å². The molecule has 0 aromatic heterocycles. The number of rotatable bonds is 3. The molecule has 1 aliphatic carbocycles. The van der Waals surface area contributed by atoms with Crippen molar-refractivity contribution in [1.29, 1.82) is 0 Å². The minimum Gasteiger partial charge on any atom is -0.327 e. The minimum atomic E-state index is -1.84. The average Bonchev–Trinajstić information content (AvgIpc) is 3.00. The normalized spacial score (nSPS) is 20.0. The fourth-order valence-corrected chi connectivity index (χ4v) is 1.86. The molecule has 2 N–H and O–H groups in total. The van der Waals surface area contributed by atoms with Crippen molar-refractivity contribution < 1.29 is 13.2 Å². The van der Waals surface area contributed by atoms with Gasteiger partial charge in [0.15, 0.2) is 5.67 Å². The topological polar surface area (TPSA) is 26.0 Å². The van der Waals surface area contributed by atoms with Crippen LogP contribution in [-0.4, -0.2) is 6.54 Å². The van der Waals surface area contributed by atoms with Crippen molar-refractivity contribution in [3.8, 4) is 0 Å². The van der Waals surface area contributed by atoms with Crippen molar-refractivity contribution >= 4 is 0 Å². The van der Waals surface area contributed by atoms with Gasteiger partial charge in [-0.15, -0.1) is 0 Å². The highest BCUT2D eigenvalue weighted by Crippen LogP contribution is 2.48. The Balaban J connectivity index is 2.42. The summed E-state index contributed by atoms with van der Waals surface area (Å²) < 4.78 is 40.4. The number of halogens is 3. The lowest BCUT2D eigenvalue weighted by atomic mass is 9.90. The van der Waals surface area contributed by atoms with E-state index in [2.05, 4.69) is 0 Å². The Bertz CT molecular complexity index is 376. The van der Waals surface area contributed by atoms with Crippen molar-refractivity contribution in [3.63, 3.8) is 0 Å². The van der Waals surface area contributed by atoms with Crippen LogP contribution >= 0.6 is 0 Å². The summed E-state index contributed by atoms with van der Waals surface area (Å²) in [5.41, 5.74) is 3.40. The molecule has 15 heavy (non-hydrogen) atoms. The predicted molar refractivity (Wildman–Crippen MR) is 50.9 cm³/mol. The van der Waals surface area contributed by atoms with Crippen LogP contribution in [0.4, 0.5) is 13.2 Å². The zero-order valence-electron chi connectivity index (χ0n) is 8.14. The van der Waals surface area contributed by atoms with Gasteiger partial charge in [-0.3, -0.25) is 0 Å². The van der Waals surface area contributed by atoms with Crippen LogP contribution in [0.1, 0.15) is 18.4 Å². The molecule has 1 fully saturated rings. The second-order valence-corrected chi connectivity index (χ2v) is 3.97. The molecular weight excluding hydrogens is 203 g/mol. The zero-order valence-corrected chi connectivity index (χ0v) is 8.14. The molecule has 1 atom stereocenters. The van der Waals surface area contributed by atoms with E-state index in [0.717, 1.165) is 12.1 Å². The van der Waals surface area contributed by atoms with Crippen LogP contribution in [0, 0.1) is 17.6 Å². The van der Waals surface area contributed by atoms with Crippen molar-refractivity contribution in [2.45, 2.75) is 18.5 Å². The van der Waals surface area contributed by atoms with Gasteiger partial charge < -0.3 is 5.73 Å². The van der Waals surface area contributed by atoms with Gasteiger partial charge in [-0.25, -0.2) is 13.2 Å². The smallest absolute Gasteiger partial charge is 0.153 e. The molecule has 1 saturated carbocycles. The molecule has 1 nitrogen and oxygen atoms in total. The standard InChI is InChI=1S/C11H12F3N/c12-8-3-4-9(10(13)5-8)11(14,6-15)7-1-2-7/h3-5,7H,1-2,6,15H2. The van der Waals surface area contributed by atoms with Crippen LogP contribution in [-0.2, 0) is 5.67 Å². The SMILES string of the molecule is NCC(F)(c1ccc(F)cc1F)C1CC1. The van der Waals surface area contributed by atoms with E-state index >= 15 is 0 Å². The quantitative estimate of drug-likeness (QED) is 0.823. The summed E-state index contributed by atoms with van der Waals surface area (Å²) >= 11 is 0. The first-order chi connectivity index (χ1) is 7.08. The van der Waals surface area contributed by atoms with Gasteiger partial charge >= 0.3 is 0 Å². The first-order valence-corrected chi connectivity index (χ1v) is 4.92. The van der Waals surface area contributed by atoms with Gasteiger partial charge in [0.2, 0.25) is 0 Å². The third-order valence-electron chi connectivity index (χ3n) is 2.90. The molecule has 4 heteroatoms. The average molecular weight is 215 g/mol. The summed E-state index contributed by atoms with van der Waals surface area (Å²) in [6.07, 6.45) is 1.43. The number of hydrogen-bond acceptors (Lipinski definition) is 1. The molecular formula is C11H12F3N. The van der Waals surface area contributed by atoms with E-state index in [1.807, 2.05) is 0 Å². The molecule has 0 spiro atoms. The minimum absolute atomic E-state index is 0.117. The molecule has 1 aliphatic rings. The summed E-state index contributed by atoms with van der Waals surface area (Å²) in [5.74, 6) is -1.77. The predicted octanol–water partition coefficient (Wildman–Crippen LogP) is 2.50. The van der Waals surface area contributed by atoms with Crippen molar-refractivity contribution in [3.05, 3.63) is 35.4 Å². The summed E-state index contributed by atoms with van der Waals surface area (Å²) in [4.78, 5) is 0. The van der Waals surface area contributed by atoms with Crippen LogP contribution in [0.5, 0.6) is 0 Å². The first-order valence-electron chi connectivity index (χ1n) is 4.92. The summed E-state index contributed by atoms with van der Waals surface area (Å²) in [7, 11) is 0. The maximum atomic E-state index is 14.3. The van der Waals surface area contributed by atoms with Crippen molar-refractivity contribution in [2.75, 3.05) is 6.54 Å². The van der Waals surface area contributed by atoms with Gasteiger partial charge in [-0.1, -0.05) is 0 Å². The van der Waals surface area contributed by atoms with Gasteiger partial charge in [0.1, 0.15) is 11.6 Å². The molecule has 0 bridgehead atoms. The van der Waals surface area contributed by atoms with E-state index in [4.69, 9.17) is 5.73 Å². The molecule has 0 amide bonds. The van der Waals surface area contributed by atoms with E-state index in [-0.39, 0.29) is 18.0 Å². The van der Waals surface area contributed by atoms with E-state index < -0.39 is 17.3 Å². The molecule has 1 aromatic carbocycles. The molecule has 0 heterocycles. The van der Waals surface area contributed by atoms with Gasteiger partial charge in [0.05, 0.1) is 0 Å². The summed E-state index contributed by atoms with van der Waals surface area (Å²) in [5, 5.41) is 0. The van der Waals surface area contributed by atoms with Crippen LogP contribution in [0.15, 0.2) is 18.2 Å². The van der Waals surface area contributed by atoms with E-state index in [1.165, 1.54) is 0 Å². The zero-order chi connectivity index (χ0) is 11.1. The number of nitrogens with two attached hydrogens (primary N) is 1. The van der Waals surface area contributed by atoms with E-state index in [0.29, 0.717) is 18.9 Å². The van der Waals surface area contributed by atoms with Gasteiger partial charge in [-0.05, 0) is 30.9 Å². The Hall–Kier alpha value is -1.03. The molecule has 0 radical (unpaired) electrons. The molecule has 1 aromatic rings. The fraction of sp³-hybridized carbons (Fsp3) is 0.455. The Morgan fingerprint density at radius 2 is 2.00 bits per heavy atom.